The normalized spacial score (nSPS) is 12.3. The molecule has 134 valence electrons. The number of hydrogen-bond donors (Lipinski definition) is 1. The molecule has 0 aliphatic carbocycles. The molecule has 0 radical (unpaired) electrons. The first-order valence-electron chi connectivity index (χ1n) is 7.83. The second kappa shape index (κ2) is 12.0. The number of allylic oxidation sites excluding steroid dienone is 2. The first-order chi connectivity index (χ1) is 11.4. The van der Waals surface area contributed by atoms with Gasteiger partial charge < -0.3 is 9.84 Å². The van der Waals surface area contributed by atoms with Crippen molar-refractivity contribution >= 4 is 23.8 Å². The van der Waals surface area contributed by atoms with Crippen LogP contribution in [0.3, 0.4) is 0 Å². The zero-order valence-corrected chi connectivity index (χ0v) is 14.4. The molecule has 0 heterocycles. The van der Waals surface area contributed by atoms with Crippen molar-refractivity contribution in [1.29, 1.82) is 0 Å². The van der Waals surface area contributed by atoms with Gasteiger partial charge in [0.15, 0.2) is 0 Å². The van der Waals surface area contributed by atoms with E-state index in [2.05, 4.69) is 4.74 Å². The number of ether oxygens (including phenoxy) is 1. The third-order valence-corrected chi connectivity index (χ3v) is 3.11. The summed E-state index contributed by atoms with van der Waals surface area (Å²) in [5.74, 6) is -3.56. The highest BCUT2D eigenvalue weighted by atomic mass is 16.5. The molecular formula is C17H25NO6. The first-order valence-corrected chi connectivity index (χ1v) is 7.83. The molecule has 0 aromatic heterocycles. The predicted molar refractivity (Wildman–Crippen MR) is 88.0 cm³/mol. The van der Waals surface area contributed by atoms with Crippen molar-refractivity contribution in [2.75, 3.05) is 7.11 Å². The molecule has 0 rings (SSSR count). The van der Waals surface area contributed by atoms with E-state index in [9.17, 15) is 24.3 Å². The Hall–Kier alpha value is -2.44. The van der Waals surface area contributed by atoms with Gasteiger partial charge >= 0.3 is 11.9 Å². The maximum atomic E-state index is 12.3. The van der Waals surface area contributed by atoms with Crippen molar-refractivity contribution < 1.29 is 29.0 Å². The SMILES string of the molecule is CC/C=C/CC(=O)N(C(=O)C/C=C/CC)C(CC(=O)OC)C(=O)O. The minimum Gasteiger partial charge on any atom is -0.480 e. The Bertz CT molecular complexity index is 481. The van der Waals surface area contributed by atoms with Crippen LogP contribution in [0.4, 0.5) is 0 Å². The Morgan fingerprint density at radius 3 is 1.75 bits per heavy atom. The van der Waals surface area contributed by atoms with Crippen molar-refractivity contribution in [3.05, 3.63) is 24.3 Å². The number of carbonyl (C=O) groups is 4. The molecule has 0 fully saturated rings. The van der Waals surface area contributed by atoms with Crippen LogP contribution in [0.2, 0.25) is 0 Å². The van der Waals surface area contributed by atoms with Gasteiger partial charge in [-0.1, -0.05) is 38.2 Å². The van der Waals surface area contributed by atoms with Crippen LogP contribution in [0.15, 0.2) is 24.3 Å². The van der Waals surface area contributed by atoms with Gasteiger partial charge in [-0.3, -0.25) is 19.3 Å². The van der Waals surface area contributed by atoms with Crippen molar-refractivity contribution in [2.24, 2.45) is 0 Å². The van der Waals surface area contributed by atoms with Crippen LogP contribution in [0, 0.1) is 0 Å². The number of esters is 1. The molecule has 0 saturated carbocycles. The van der Waals surface area contributed by atoms with Gasteiger partial charge in [0.05, 0.1) is 13.5 Å². The molecule has 0 spiro atoms. The van der Waals surface area contributed by atoms with E-state index >= 15 is 0 Å². The summed E-state index contributed by atoms with van der Waals surface area (Å²) in [6.45, 7) is 3.77. The van der Waals surface area contributed by atoms with Crippen LogP contribution < -0.4 is 0 Å². The molecule has 0 bridgehead atoms. The Morgan fingerprint density at radius 1 is 0.958 bits per heavy atom. The lowest BCUT2D eigenvalue weighted by Crippen LogP contribution is -2.49. The Labute approximate surface area is 142 Å². The number of imide groups is 1. The number of nitrogens with zero attached hydrogens (tertiary/aromatic N) is 1. The van der Waals surface area contributed by atoms with Gasteiger partial charge in [-0.2, -0.15) is 0 Å². The summed E-state index contributed by atoms with van der Waals surface area (Å²) in [5.41, 5.74) is 0. The number of carbonyl (C=O) groups excluding carboxylic acids is 3. The number of methoxy groups -OCH3 is 1. The molecule has 7 nitrogen and oxygen atoms in total. The van der Waals surface area contributed by atoms with E-state index in [0.717, 1.165) is 7.11 Å². The van der Waals surface area contributed by atoms with E-state index in [0.29, 0.717) is 17.7 Å². The molecule has 1 unspecified atom stereocenters. The molecule has 1 N–H and O–H groups in total. The predicted octanol–water partition coefficient (Wildman–Crippen LogP) is 2.07. The second-order valence-corrected chi connectivity index (χ2v) is 4.96. The summed E-state index contributed by atoms with van der Waals surface area (Å²) in [4.78, 5) is 48.2. The maximum Gasteiger partial charge on any atom is 0.327 e. The number of carboxylic acid groups (broad SMARTS) is 1. The summed E-state index contributed by atoms with van der Waals surface area (Å²) in [5, 5.41) is 9.34. The second-order valence-electron chi connectivity index (χ2n) is 4.96. The fraction of sp³-hybridized carbons (Fsp3) is 0.529. The topological polar surface area (TPSA) is 101 Å². The average molecular weight is 339 g/mol. The fourth-order valence-corrected chi connectivity index (χ4v) is 1.92. The first kappa shape index (κ1) is 21.6. The summed E-state index contributed by atoms with van der Waals surface area (Å²) in [6.07, 6.45) is 7.25. The molecule has 0 saturated heterocycles. The van der Waals surface area contributed by atoms with E-state index in [1.807, 2.05) is 13.8 Å². The summed E-state index contributed by atoms with van der Waals surface area (Å²) < 4.78 is 4.46. The lowest BCUT2D eigenvalue weighted by molar-refractivity contribution is -0.160. The quantitative estimate of drug-likeness (QED) is 0.483. The number of amides is 2. The highest BCUT2D eigenvalue weighted by molar-refractivity contribution is 6.01. The van der Waals surface area contributed by atoms with Crippen molar-refractivity contribution in [3.8, 4) is 0 Å². The van der Waals surface area contributed by atoms with Crippen LogP contribution in [0.5, 0.6) is 0 Å². The average Bonchev–Trinajstić information content (AvgIpc) is 2.54. The monoisotopic (exact) mass is 339 g/mol. The molecule has 2 amide bonds. The molecular weight excluding hydrogens is 314 g/mol. The fourth-order valence-electron chi connectivity index (χ4n) is 1.92. The van der Waals surface area contributed by atoms with E-state index in [4.69, 9.17) is 0 Å². The van der Waals surface area contributed by atoms with Crippen molar-refractivity contribution in [1.82, 2.24) is 4.90 Å². The standard InChI is InChI=1S/C17H25NO6/c1-4-6-8-10-14(19)18(15(20)11-9-7-5-2)13(17(22)23)12-16(21)24-3/h6-9,13H,4-5,10-12H2,1-3H3,(H,22,23)/b8-6+,9-7+. The van der Waals surface area contributed by atoms with Crippen LogP contribution in [0.25, 0.3) is 0 Å². The molecule has 0 aliphatic heterocycles. The van der Waals surface area contributed by atoms with Crippen LogP contribution in [-0.4, -0.2) is 46.9 Å². The van der Waals surface area contributed by atoms with E-state index in [1.54, 1.807) is 24.3 Å². The minimum absolute atomic E-state index is 0.109. The molecule has 0 aromatic rings. The molecule has 7 heteroatoms. The third kappa shape index (κ3) is 7.71. The maximum absolute atomic E-state index is 12.3. The lowest BCUT2D eigenvalue weighted by Gasteiger charge is -2.26. The summed E-state index contributed by atoms with van der Waals surface area (Å²) in [6, 6.07) is -1.58. The largest absolute Gasteiger partial charge is 0.480 e. The van der Waals surface area contributed by atoms with Gasteiger partial charge in [0, 0.05) is 12.8 Å². The van der Waals surface area contributed by atoms with Gasteiger partial charge in [0.2, 0.25) is 11.8 Å². The highest BCUT2D eigenvalue weighted by Gasteiger charge is 2.35. The van der Waals surface area contributed by atoms with E-state index in [1.165, 1.54) is 0 Å². The van der Waals surface area contributed by atoms with Crippen molar-refractivity contribution in [2.45, 2.75) is 52.0 Å². The minimum atomic E-state index is -1.58. The van der Waals surface area contributed by atoms with Crippen LogP contribution in [0.1, 0.15) is 46.0 Å². The third-order valence-electron chi connectivity index (χ3n) is 3.11. The molecule has 0 aliphatic rings. The van der Waals surface area contributed by atoms with Crippen LogP contribution in [-0.2, 0) is 23.9 Å². The van der Waals surface area contributed by atoms with Crippen molar-refractivity contribution in [3.63, 3.8) is 0 Å². The van der Waals surface area contributed by atoms with E-state index < -0.39 is 36.2 Å². The van der Waals surface area contributed by atoms with Gasteiger partial charge in [-0.05, 0) is 12.8 Å². The van der Waals surface area contributed by atoms with Crippen LogP contribution >= 0.6 is 0 Å². The number of rotatable bonds is 10. The molecule has 0 aromatic carbocycles. The number of hydrogen-bond acceptors (Lipinski definition) is 5. The smallest absolute Gasteiger partial charge is 0.327 e. The summed E-state index contributed by atoms with van der Waals surface area (Å²) in [7, 11) is 1.11. The van der Waals surface area contributed by atoms with Gasteiger partial charge in [0.25, 0.3) is 0 Å². The van der Waals surface area contributed by atoms with E-state index in [-0.39, 0.29) is 12.8 Å². The summed E-state index contributed by atoms with van der Waals surface area (Å²) >= 11 is 0. The number of aliphatic carboxylic acids is 1. The number of carboxylic acids is 1. The van der Waals surface area contributed by atoms with Gasteiger partial charge in [-0.15, -0.1) is 0 Å². The zero-order valence-electron chi connectivity index (χ0n) is 14.4. The Morgan fingerprint density at radius 2 is 1.42 bits per heavy atom. The molecule has 1 atom stereocenters. The van der Waals surface area contributed by atoms with Gasteiger partial charge in [0.1, 0.15) is 6.04 Å². The molecule has 24 heavy (non-hydrogen) atoms. The zero-order chi connectivity index (χ0) is 18.5. The highest BCUT2D eigenvalue weighted by Crippen LogP contribution is 2.12. The lowest BCUT2D eigenvalue weighted by atomic mass is 10.1. The Kier molecular flexibility index (Phi) is 10.8. The Balaban J connectivity index is 5.45. The van der Waals surface area contributed by atoms with Gasteiger partial charge in [-0.25, -0.2) is 4.79 Å².